The van der Waals surface area contributed by atoms with E-state index in [9.17, 15) is 9.59 Å². The Balaban J connectivity index is 1.76. The molecule has 0 saturated heterocycles. The molecule has 0 spiro atoms. The maximum atomic E-state index is 11.8. The standard InChI is InChI=1S/C15H20N2O3/c1-11-6-2-3-7-12(11)17-14(18)10-20-15(19)13-8-4-5-9-16-13/h4-5,8-9,11-12H,2-3,6-7,10H2,1H3,(H,17,18)/t11-,12-/m0/s1. The van der Waals surface area contributed by atoms with Crippen molar-refractivity contribution in [3.8, 4) is 0 Å². The molecule has 1 amide bonds. The summed E-state index contributed by atoms with van der Waals surface area (Å²) in [5, 5.41) is 2.94. The SMILES string of the molecule is C[C@H]1CCCC[C@@H]1NC(=O)COC(=O)c1ccccn1. The average molecular weight is 276 g/mol. The van der Waals surface area contributed by atoms with Crippen LogP contribution in [0.5, 0.6) is 0 Å². The minimum Gasteiger partial charge on any atom is -0.451 e. The van der Waals surface area contributed by atoms with Gasteiger partial charge < -0.3 is 10.1 Å². The number of hydrogen-bond donors (Lipinski definition) is 1. The monoisotopic (exact) mass is 276 g/mol. The number of aromatic nitrogens is 1. The zero-order valence-corrected chi connectivity index (χ0v) is 11.7. The van der Waals surface area contributed by atoms with E-state index in [4.69, 9.17) is 4.74 Å². The predicted molar refractivity (Wildman–Crippen MR) is 74.1 cm³/mol. The Kier molecular flexibility index (Phi) is 5.09. The van der Waals surface area contributed by atoms with Crippen molar-refractivity contribution in [2.24, 2.45) is 5.92 Å². The molecule has 1 aliphatic rings. The van der Waals surface area contributed by atoms with Crippen LogP contribution >= 0.6 is 0 Å². The van der Waals surface area contributed by atoms with Crippen LogP contribution < -0.4 is 5.32 Å². The number of esters is 1. The van der Waals surface area contributed by atoms with Gasteiger partial charge in [0.15, 0.2) is 6.61 Å². The summed E-state index contributed by atoms with van der Waals surface area (Å²) >= 11 is 0. The summed E-state index contributed by atoms with van der Waals surface area (Å²) in [6.45, 7) is 1.89. The van der Waals surface area contributed by atoms with Gasteiger partial charge in [0.25, 0.3) is 5.91 Å². The van der Waals surface area contributed by atoms with Gasteiger partial charge in [0.1, 0.15) is 5.69 Å². The third-order valence-corrected chi connectivity index (χ3v) is 3.67. The zero-order chi connectivity index (χ0) is 14.4. The zero-order valence-electron chi connectivity index (χ0n) is 11.7. The van der Waals surface area contributed by atoms with Crippen molar-refractivity contribution in [1.82, 2.24) is 10.3 Å². The molecule has 108 valence electrons. The summed E-state index contributed by atoms with van der Waals surface area (Å²) in [7, 11) is 0. The van der Waals surface area contributed by atoms with Crippen molar-refractivity contribution >= 4 is 11.9 Å². The van der Waals surface area contributed by atoms with E-state index >= 15 is 0 Å². The van der Waals surface area contributed by atoms with Gasteiger partial charge >= 0.3 is 5.97 Å². The maximum absolute atomic E-state index is 11.8. The highest BCUT2D eigenvalue weighted by Crippen LogP contribution is 2.23. The molecule has 20 heavy (non-hydrogen) atoms. The topological polar surface area (TPSA) is 68.3 Å². The molecule has 5 nitrogen and oxygen atoms in total. The number of pyridine rings is 1. The maximum Gasteiger partial charge on any atom is 0.357 e. The van der Waals surface area contributed by atoms with Crippen molar-refractivity contribution in [3.05, 3.63) is 30.1 Å². The van der Waals surface area contributed by atoms with Crippen LogP contribution in [0.4, 0.5) is 0 Å². The van der Waals surface area contributed by atoms with Gasteiger partial charge in [-0.1, -0.05) is 25.8 Å². The second-order valence-electron chi connectivity index (χ2n) is 5.23. The van der Waals surface area contributed by atoms with Crippen molar-refractivity contribution in [2.75, 3.05) is 6.61 Å². The summed E-state index contributed by atoms with van der Waals surface area (Å²) < 4.78 is 4.95. The number of ether oxygens (including phenoxy) is 1. The van der Waals surface area contributed by atoms with E-state index in [1.165, 1.54) is 12.6 Å². The Labute approximate surface area is 118 Å². The minimum atomic E-state index is -0.572. The lowest BCUT2D eigenvalue weighted by Gasteiger charge is -2.29. The number of nitrogens with one attached hydrogen (secondary N) is 1. The molecule has 0 bridgehead atoms. The molecule has 0 radical (unpaired) electrons. The van der Waals surface area contributed by atoms with Crippen molar-refractivity contribution < 1.29 is 14.3 Å². The van der Waals surface area contributed by atoms with Gasteiger partial charge in [-0.3, -0.25) is 4.79 Å². The van der Waals surface area contributed by atoms with E-state index in [-0.39, 0.29) is 24.2 Å². The second kappa shape index (κ2) is 7.03. The fourth-order valence-electron chi connectivity index (χ4n) is 2.47. The first-order chi connectivity index (χ1) is 9.66. The Morgan fingerprint density at radius 2 is 2.15 bits per heavy atom. The molecule has 1 N–H and O–H groups in total. The summed E-state index contributed by atoms with van der Waals surface area (Å²) in [4.78, 5) is 27.3. The van der Waals surface area contributed by atoms with Crippen LogP contribution in [0.3, 0.4) is 0 Å². The van der Waals surface area contributed by atoms with Gasteiger partial charge in [-0.05, 0) is 30.9 Å². The van der Waals surface area contributed by atoms with Gasteiger partial charge in [0, 0.05) is 12.2 Å². The van der Waals surface area contributed by atoms with E-state index in [1.54, 1.807) is 18.2 Å². The highest BCUT2D eigenvalue weighted by atomic mass is 16.5. The van der Waals surface area contributed by atoms with Crippen molar-refractivity contribution in [3.63, 3.8) is 0 Å². The number of nitrogens with zero attached hydrogens (tertiary/aromatic N) is 1. The molecule has 0 aliphatic heterocycles. The molecule has 1 heterocycles. The van der Waals surface area contributed by atoms with Crippen LogP contribution in [0.15, 0.2) is 24.4 Å². The average Bonchev–Trinajstić information content (AvgIpc) is 2.48. The minimum absolute atomic E-state index is 0.199. The number of rotatable bonds is 4. The van der Waals surface area contributed by atoms with E-state index in [2.05, 4.69) is 17.2 Å². The molecule has 0 unspecified atom stereocenters. The van der Waals surface area contributed by atoms with E-state index in [1.807, 2.05) is 0 Å². The normalized spacial score (nSPS) is 22.1. The number of carbonyl (C=O) groups excluding carboxylic acids is 2. The van der Waals surface area contributed by atoms with Crippen LogP contribution in [-0.4, -0.2) is 29.5 Å². The fraction of sp³-hybridized carbons (Fsp3) is 0.533. The largest absolute Gasteiger partial charge is 0.451 e. The molecule has 2 rings (SSSR count). The van der Waals surface area contributed by atoms with Crippen molar-refractivity contribution in [2.45, 2.75) is 38.6 Å². The summed E-state index contributed by atoms with van der Waals surface area (Å²) in [5.74, 6) is -0.329. The quantitative estimate of drug-likeness (QED) is 0.853. The van der Waals surface area contributed by atoms with Gasteiger partial charge in [0.2, 0.25) is 0 Å². The molecule has 1 aliphatic carbocycles. The van der Waals surface area contributed by atoms with E-state index < -0.39 is 5.97 Å². The first kappa shape index (κ1) is 14.5. The Bertz CT molecular complexity index is 461. The van der Waals surface area contributed by atoms with E-state index in [0.29, 0.717) is 5.92 Å². The molecular formula is C15H20N2O3. The summed E-state index contributed by atoms with van der Waals surface area (Å²) in [6, 6.07) is 5.18. The first-order valence-electron chi connectivity index (χ1n) is 7.04. The van der Waals surface area contributed by atoms with Gasteiger partial charge in [-0.15, -0.1) is 0 Å². The molecule has 1 saturated carbocycles. The molecule has 2 atom stereocenters. The first-order valence-corrected chi connectivity index (χ1v) is 7.04. The second-order valence-corrected chi connectivity index (χ2v) is 5.23. The van der Waals surface area contributed by atoms with Crippen LogP contribution in [0.1, 0.15) is 43.1 Å². The Hall–Kier alpha value is -1.91. The molecule has 1 aromatic rings. The van der Waals surface area contributed by atoms with Crippen LogP contribution in [0.25, 0.3) is 0 Å². The van der Waals surface area contributed by atoms with Crippen LogP contribution in [0, 0.1) is 5.92 Å². The van der Waals surface area contributed by atoms with Gasteiger partial charge in [-0.25, -0.2) is 9.78 Å². The highest BCUT2D eigenvalue weighted by Gasteiger charge is 2.23. The predicted octanol–water partition coefficient (Wildman–Crippen LogP) is 1.93. The number of amides is 1. The number of carbonyl (C=O) groups is 2. The molecule has 0 aromatic carbocycles. The Morgan fingerprint density at radius 1 is 1.35 bits per heavy atom. The van der Waals surface area contributed by atoms with Crippen LogP contribution in [0.2, 0.25) is 0 Å². The lowest BCUT2D eigenvalue weighted by atomic mass is 9.86. The Morgan fingerprint density at radius 3 is 2.85 bits per heavy atom. The smallest absolute Gasteiger partial charge is 0.357 e. The van der Waals surface area contributed by atoms with E-state index in [0.717, 1.165) is 19.3 Å². The third-order valence-electron chi connectivity index (χ3n) is 3.67. The summed E-state index contributed by atoms with van der Waals surface area (Å²) in [6.07, 6.45) is 6.02. The molecule has 1 fully saturated rings. The number of hydrogen-bond acceptors (Lipinski definition) is 4. The molecule has 1 aromatic heterocycles. The molecule has 5 heteroatoms. The van der Waals surface area contributed by atoms with Crippen molar-refractivity contribution in [1.29, 1.82) is 0 Å². The fourth-order valence-corrected chi connectivity index (χ4v) is 2.47. The summed E-state index contributed by atoms with van der Waals surface area (Å²) in [5.41, 5.74) is 0.214. The third kappa shape index (κ3) is 4.05. The molecular weight excluding hydrogens is 256 g/mol. The lowest BCUT2D eigenvalue weighted by Crippen LogP contribution is -2.42. The van der Waals surface area contributed by atoms with Gasteiger partial charge in [0.05, 0.1) is 0 Å². The lowest BCUT2D eigenvalue weighted by molar-refractivity contribution is -0.125. The highest BCUT2D eigenvalue weighted by molar-refractivity contribution is 5.89. The van der Waals surface area contributed by atoms with Gasteiger partial charge in [-0.2, -0.15) is 0 Å². The van der Waals surface area contributed by atoms with Crippen LogP contribution in [-0.2, 0) is 9.53 Å².